The highest BCUT2D eigenvalue weighted by molar-refractivity contribution is 5.83. The third kappa shape index (κ3) is 4.91. The summed E-state index contributed by atoms with van der Waals surface area (Å²) in [5.41, 5.74) is 2.57. The predicted octanol–water partition coefficient (Wildman–Crippen LogP) is 1.99. The summed E-state index contributed by atoms with van der Waals surface area (Å²) < 4.78 is 0. The van der Waals surface area contributed by atoms with Gasteiger partial charge in [0, 0.05) is 31.2 Å². The van der Waals surface area contributed by atoms with Gasteiger partial charge in [-0.2, -0.15) is 0 Å². The number of benzene rings is 2. The van der Waals surface area contributed by atoms with Gasteiger partial charge in [0.1, 0.15) is 0 Å². The number of hydrogen-bond acceptors (Lipinski definition) is 4. The van der Waals surface area contributed by atoms with Gasteiger partial charge in [-0.25, -0.2) is 0 Å². The molecule has 0 saturated carbocycles. The standard InChI is InChI=1S/C23H25N3O3/c27-19-10-11-26(14-19)15-21(17-4-2-1-3-5-17)25-23(29)13-16-6-8-20-18(12-16)7-9-22(28)24-20/h1-9,12,19,21,27H,10-11,13-15H2,(H,24,28)(H,25,29)/t19-,21-/m1/s1. The van der Waals surface area contributed by atoms with E-state index in [1.54, 1.807) is 6.07 Å². The zero-order valence-electron chi connectivity index (χ0n) is 16.2. The molecule has 0 aliphatic carbocycles. The van der Waals surface area contributed by atoms with Gasteiger partial charge in [0.05, 0.1) is 18.6 Å². The van der Waals surface area contributed by atoms with Crippen molar-refractivity contribution < 1.29 is 9.90 Å². The van der Waals surface area contributed by atoms with Crippen molar-refractivity contribution in [2.24, 2.45) is 0 Å². The van der Waals surface area contributed by atoms with Crippen LogP contribution < -0.4 is 10.9 Å². The number of aromatic amines is 1. The van der Waals surface area contributed by atoms with Crippen LogP contribution in [0.15, 0.2) is 65.5 Å². The van der Waals surface area contributed by atoms with E-state index in [-0.39, 0.29) is 30.0 Å². The lowest BCUT2D eigenvalue weighted by atomic mass is 10.0. The fourth-order valence-corrected chi connectivity index (χ4v) is 3.90. The average Bonchev–Trinajstić information content (AvgIpc) is 3.13. The summed E-state index contributed by atoms with van der Waals surface area (Å²) in [7, 11) is 0. The van der Waals surface area contributed by atoms with Gasteiger partial charge >= 0.3 is 0 Å². The van der Waals surface area contributed by atoms with Crippen molar-refractivity contribution in [2.75, 3.05) is 19.6 Å². The number of aromatic nitrogens is 1. The Labute approximate surface area is 169 Å². The molecule has 29 heavy (non-hydrogen) atoms. The Kier molecular flexibility index (Phi) is 5.74. The molecule has 2 atom stereocenters. The molecule has 3 N–H and O–H groups in total. The summed E-state index contributed by atoms with van der Waals surface area (Å²) >= 11 is 0. The number of likely N-dealkylation sites (tertiary alicyclic amines) is 1. The molecular weight excluding hydrogens is 366 g/mol. The molecule has 1 saturated heterocycles. The number of rotatable bonds is 6. The van der Waals surface area contributed by atoms with Crippen LogP contribution in [0.25, 0.3) is 10.9 Å². The average molecular weight is 391 g/mol. The van der Waals surface area contributed by atoms with Crippen molar-refractivity contribution >= 4 is 16.8 Å². The normalized spacial score (nSPS) is 18.0. The third-order valence-corrected chi connectivity index (χ3v) is 5.38. The molecule has 4 rings (SSSR count). The second-order valence-electron chi connectivity index (χ2n) is 7.65. The molecule has 150 valence electrons. The predicted molar refractivity (Wildman–Crippen MR) is 113 cm³/mol. The highest BCUT2D eigenvalue weighted by Gasteiger charge is 2.24. The number of amides is 1. The van der Waals surface area contributed by atoms with Gasteiger partial charge in [-0.05, 0) is 41.1 Å². The first-order chi connectivity index (χ1) is 14.1. The van der Waals surface area contributed by atoms with E-state index < -0.39 is 0 Å². The van der Waals surface area contributed by atoms with Crippen LogP contribution in [-0.4, -0.2) is 46.6 Å². The van der Waals surface area contributed by atoms with Crippen LogP contribution in [0.2, 0.25) is 0 Å². The molecule has 0 unspecified atom stereocenters. The van der Waals surface area contributed by atoms with Crippen molar-refractivity contribution in [3.8, 4) is 0 Å². The minimum absolute atomic E-state index is 0.0534. The van der Waals surface area contributed by atoms with Gasteiger partial charge in [-0.1, -0.05) is 36.4 Å². The van der Waals surface area contributed by atoms with Crippen molar-refractivity contribution in [1.29, 1.82) is 0 Å². The third-order valence-electron chi connectivity index (χ3n) is 5.38. The van der Waals surface area contributed by atoms with E-state index in [1.165, 1.54) is 6.07 Å². The van der Waals surface area contributed by atoms with Crippen LogP contribution in [0, 0.1) is 0 Å². The molecule has 1 aromatic heterocycles. The van der Waals surface area contributed by atoms with Crippen LogP contribution in [0.5, 0.6) is 0 Å². The summed E-state index contributed by atoms with van der Waals surface area (Å²) in [6.45, 7) is 2.15. The molecule has 1 fully saturated rings. The highest BCUT2D eigenvalue weighted by Crippen LogP contribution is 2.19. The van der Waals surface area contributed by atoms with Crippen molar-refractivity contribution in [3.63, 3.8) is 0 Å². The summed E-state index contributed by atoms with van der Waals surface area (Å²) in [5.74, 6) is -0.0534. The minimum Gasteiger partial charge on any atom is -0.392 e. The monoisotopic (exact) mass is 391 g/mol. The van der Waals surface area contributed by atoms with Gasteiger partial charge in [-0.3, -0.25) is 14.5 Å². The lowest BCUT2D eigenvalue weighted by molar-refractivity contribution is -0.121. The van der Waals surface area contributed by atoms with Gasteiger partial charge in [-0.15, -0.1) is 0 Å². The maximum atomic E-state index is 12.8. The van der Waals surface area contributed by atoms with E-state index in [0.717, 1.165) is 35.0 Å². The topological polar surface area (TPSA) is 85.4 Å². The Morgan fingerprint density at radius 2 is 2.00 bits per heavy atom. The number of hydrogen-bond donors (Lipinski definition) is 3. The number of nitrogens with zero attached hydrogens (tertiary/aromatic N) is 1. The van der Waals surface area contributed by atoms with Crippen LogP contribution in [-0.2, 0) is 11.2 Å². The molecule has 0 radical (unpaired) electrons. The van der Waals surface area contributed by atoms with Crippen LogP contribution in [0.1, 0.15) is 23.6 Å². The Hall–Kier alpha value is -2.96. The van der Waals surface area contributed by atoms with E-state index in [9.17, 15) is 14.7 Å². The van der Waals surface area contributed by atoms with Crippen LogP contribution >= 0.6 is 0 Å². The molecule has 1 aliphatic rings. The second kappa shape index (κ2) is 8.59. The van der Waals surface area contributed by atoms with E-state index in [4.69, 9.17) is 0 Å². The van der Waals surface area contributed by atoms with Crippen LogP contribution in [0.3, 0.4) is 0 Å². The van der Waals surface area contributed by atoms with E-state index in [0.29, 0.717) is 13.1 Å². The summed E-state index contributed by atoms with van der Waals surface area (Å²) in [5, 5.41) is 13.9. The maximum Gasteiger partial charge on any atom is 0.248 e. The number of aliphatic hydroxyl groups is 1. The second-order valence-corrected chi connectivity index (χ2v) is 7.65. The molecule has 0 bridgehead atoms. The Balaban J connectivity index is 1.47. The fraction of sp³-hybridized carbons (Fsp3) is 0.304. The minimum atomic E-state index is -0.286. The molecule has 6 heteroatoms. The largest absolute Gasteiger partial charge is 0.392 e. The number of pyridine rings is 1. The first-order valence-corrected chi connectivity index (χ1v) is 9.93. The maximum absolute atomic E-state index is 12.8. The van der Waals surface area contributed by atoms with E-state index in [1.807, 2.05) is 48.5 Å². The molecule has 2 heterocycles. The first kappa shape index (κ1) is 19.4. The van der Waals surface area contributed by atoms with Gasteiger partial charge in [0.15, 0.2) is 0 Å². The Morgan fingerprint density at radius 3 is 2.76 bits per heavy atom. The van der Waals surface area contributed by atoms with Crippen molar-refractivity contribution in [2.45, 2.75) is 25.0 Å². The number of nitrogens with one attached hydrogen (secondary N) is 2. The van der Waals surface area contributed by atoms with Crippen molar-refractivity contribution in [1.82, 2.24) is 15.2 Å². The summed E-state index contributed by atoms with van der Waals surface area (Å²) in [6.07, 6.45) is 0.751. The van der Waals surface area contributed by atoms with E-state index in [2.05, 4.69) is 15.2 Å². The Morgan fingerprint density at radius 1 is 1.17 bits per heavy atom. The molecule has 6 nitrogen and oxygen atoms in total. The molecule has 3 aromatic rings. The lowest BCUT2D eigenvalue weighted by Gasteiger charge is -2.25. The lowest BCUT2D eigenvalue weighted by Crippen LogP contribution is -2.38. The molecule has 1 aliphatic heterocycles. The molecule has 2 aromatic carbocycles. The van der Waals surface area contributed by atoms with E-state index >= 15 is 0 Å². The Bertz CT molecular complexity index is 1050. The number of carbonyl (C=O) groups is 1. The number of aliphatic hydroxyl groups excluding tert-OH is 1. The van der Waals surface area contributed by atoms with Gasteiger partial charge < -0.3 is 15.4 Å². The highest BCUT2D eigenvalue weighted by atomic mass is 16.3. The smallest absolute Gasteiger partial charge is 0.248 e. The van der Waals surface area contributed by atoms with Gasteiger partial charge in [0.25, 0.3) is 0 Å². The first-order valence-electron chi connectivity index (χ1n) is 9.93. The van der Waals surface area contributed by atoms with Gasteiger partial charge in [0.2, 0.25) is 11.5 Å². The fourth-order valence-electron chi connectivity index (χ4n) is 3.90. The zero-order chi connectivity index (χ0) is 20.2. The number of carbonyl (C=O) groups excluding carboxylic acids is 1. The van der Waals surface area contributed by atoms with Crippen molar-refractivity contribution in [3.05, 3.63) is 82.1 Å². The summed E-state index contributed by atoms with van der Waals surface area (Å²) in [6, 6.07) is 18.7. The van der Waals surface area contributed by atoms with Crippen LogP contribution in [0.4, 0.5) is 0 Å². The summed E-state index contributed by atoms with van der Waals surface area (Å²) in [4.78, 5) is 29.2. The quantitative estimate of drug-likeness (QED) is 0.600. The SMILES string of the molecule is O=C(Cc1ccc2[nH]c(=O)ccc2c1)N[C@H](CN1CC[C@@H](O)C1)c1ccccc1. The molecular formula is C23H25N3O3. The zero-order valence-corrected chi connectivity index (χ0v) is 16.2. The molecule has 0 spiro atoms. The number of H-pyrrole nitrogens is 1. The number of β-amino-alcohol motifs (C(OH)–C–C–N with tert-alkyl or cyclic N) is 1. The number of fused-ring (bicyclic) bond motifs is 1. The molecule has 1 amide bonds.